The molecular formula is C15H16N2O5S. The van der Waals surface area contributed by atoms with Gasteiger partial charge in [0.25, 0.3) is 5.69 Å². The normalized spacial score (nSPS) is 11.2. The van der Waals surface area contributed by atoms with Gasteiger partial charge in [0.2, 0.25) is 10.0 Å². The van der Waals surface area contributed by atoms with Gasteiger partial charge in [-0.15, -0.1) is 0 Å². The van der Waals surface area contributed by atoms with Gasteiger partial charge in [0, 0.05) is 12.1 Å². The Morgan fingerprint density at radius 3 is 2.35 bits per heavy atom. The summed E-state index contributed by atoms with van der Waals surface area (Å²) in [4.78, 5) is 10.3. The molecule has 23 heavy (non-hydrogen) atoms. The molecule has 0 saturated carbocycles. The predicted octanol–water partition coefficient (Wildman–Crippen LogP) is 2.53. The lowest BCUT2D eigenvalue weighted by molar-refractivity contribution is -0.384. The van der Waals surface area contributed by atoms with Crippen LogP contribution >= 0.6 is 0 Å². The molecule has 0 aliphatic carbocycles. The summed E-state index contributed by atoms with van der Waals surface area (Å²) in [5.74, 6) is 0.377. The highest BCUT2D eigenvalue weighted by Gasteiger charge is 2.14. The van der Waals surface area contributed by atoms with Crippen LogP contribution in [0.1, 0.15) is 11.1 Å². The maximum atomic E-state index is 12.1. The van der Waals surface area contributed by atoms with Crippen LogP contribution in [0.5, 0.6) is 5.75 Å². The summed E-state index contributed by atoms with van der Waals surface area (Å²) in [6, 6.07) is 10.5. The van der Waals surface area contributed by atoms with E-state index >= 15 is 0 Å². The van der Waals surface area contributed by atoms with E-state index in [1.54, 1.807) is 19.1 Å². The largest absolute Gasteiger partial charge is 0.477 e. The lowest BCUT2D eigenvalue weighted by atomic mass is 10.2. The van der Waals surface area contributed by atoms with Gasteiger partial charge >= 0.3 is 0 Å². The number of benzene rings is 2. The maximum Gasteiger partial charge on any atom is 0.269 e. The molecular weight excluding hydrogens is 320 g/mol. The highest BCUT2D eigenvalue weighted by atomic mass is 32.2. The van der Waals surface area contributed by atoms with Gasteiger partial charge in [-0.3, -0.25) is 10.1 Å². The van der Waals surface area contributed by atoms with Crippen LogP contribution in [0.3, 0.4) is 0 Å². The molecule has 2 aromatic carbocycles. The Labute approximate surface area is 134 Å². The van der Waals surface area contributed by atoms with Crippen molar-refractivity contribution in [1.82, 2.24) is 4.72 Å². The molecule has 0 aromatic heterocycles. The van der Waals surface area contributed by atoms with Crippen LogP contribution in [-0.2, 0) is 10.0 Å². The highest BCUT2D eigenvalue weighted by molar-refractivity contribution is 7.89. The monoisotopic (exact) mass is 336 g/mol. The number of nitrogens with zero attached hydrogens (tertiary/aromatic N) is 1. The highest BCUT2D eigenvalue weighted by Crippen LogP contribution is 2.23. The zero-order valence-corrected chi connectivity index (χ0v) is 13.5. The molecule has 2 aromatic rings. The van der Waals surface area contributed by atoms with Gasteiger partial charge in [0.05, 0.1) is 9.82 Å². The first kappa shape index (κ1) is 16.9. The van der Waals surface area contributed by atoms with Crippen molar-refractivity contribution in [1.29, 1.82) is 0 Å². The Balaban J connectivity index is 2.02. The Kier molecular flexibility index (Phi) is 4.97. The summed E-state index contributed by atoms with van der Waals surface area (Å²) < 4.78 is 31.8. The third kappa shape index (κ3) is 4.27. The molecule has 0 spiro atoms. The van der Waals surface area contributed by atoms with Crippen LogP contribution in [0.4, 0.5) is 5.69 Å². The molecule has 0 heterocycles. The van der Waals surface area contributed by atoms with Crippen LogP contribution in [0.2, 0.25) is 0 Å². The van der Waals surface area contributed by atoms with E-state index in [4.69, 9.17) is 4.74 Å². The molecule has 7 nitrogen and oxygen atoms in total. The lowest BCUT2D eigenvalue weighted by Crippen LogP contribution is -2.28. The van der Waals surface area contributed by atoms with Crippen LogP contribution in [0.15, 0.2) is 47.4 Å². The number of ether oxygens (including phenoxy) is 1. The number of sulfonamides is 1. The zero-order valence-electron chi connectivity index (χ0n) is 12.6. The second-order valence-corrected chi connectivity index (χ2v) is 6.72. The summed E-state index contributed by atoms with van der Waals surface area (Å²) in [5.41, 5.74) is 1.46. The zero-order chi connectivity index (χ0) is 17.0. The molecule has 0 bridgehead atoms. The molecule has 0 saturated heterocycles. The Hall–Kier alpha value is -2.45. The molecule has 0 unspecified atom stereocenters. The number of nitrogens with one attached hydrogen (secondary N) is 1. The number of nitro groups is 1. The van der Waals surface area contributed by atoms with E-state index in [9.17, 15) is 18.5 Å². The van der Waals surface area contributed by atoms with Crippen molar-refractivity contribution in [2.24, 2.45) is 0 Å². The number of nitro benzene ring substituents is 1. The third-order valence-corrected chi connectivity index (χ3v) is 4.57. The number of hydrogen-bond acceptors (Lipinski definition) is 5. The molecule has 122 valence electrons. The van der Waals surface area contributed by atoms with Crippen molar-refractivity contribution in [3.63, 3.8) is 0 Å². The van der Waals surface area contributed by atoms with Gasteiger partial charge in [-0.1, -0.05) is 17.7 Å². The van der Waals surface area contributed by atoms with Crippen molar-refractivity contribution in [2.45, 2.75) is 18.7 Å². The first-order chi connectivity index (χ1) is 10.8. The second kappa shape index (κ2) is 6.76. The van der Waals surface area contributed by atoms with Gasteiger partial charge in [0.15, 0.2) is 6.73 Å². The standard InChI is InChI=1S/C15H16N2O5S/c1-11-3-6-14(7-4-11)23(20,21)16-10-22-15-8-5-13(17(18)19)9-12(15)2/h3-9,16H,10H2,1-2H3. The van der Waals surface area contributed by atoms with Gasteiger partial charge in [0.1, 0.15) is 5.75 Å². The summed E-state index contributed by atoms with van der Waals surface area (Å²) in [6.07, 6.45) is 0. The van der Waals surface area contributed by atoms with E-state index in [0.717, 1.165) is 5.56 Å². The first-order valence-electron chi connectivity index (χ1n) is 6.74. The first-order valence-corrected chi connectivity index (χ1v) is 8.22. The minimum Gasteiger partial charge on any atom is -0.477 e. The quantitative estimate of drug-likeness (QED) is 0.496. The van der Waals surface area contributed by atoms with E-state index in [2.05, 4.69) is 4.72 Å². The smallest absolute Gasteiger partial charge is 0.269 e. The van der Waals surface area contributed by atoms with Crippen LogP contribution < -0.4 is 9.46 Å². The van der Waals surface area contributed by atoms with Crippen molar-refractivity contribution >= 4 is 15.7 Å². The van der Waals surface area contributed by atoms with Gasteiger partial charge < -0.3 is 4.74 Å². The van der Waals surface area contributed by atoms with Crippen molar-refractivity contribution in [3.05, 3.63) is 63.7 Å². The summed E-state index contributed by atoms with van der Waals surface area (Å²) in [5, 5.41) is 10.7. The molecule has 0 aliphatic heterocycles. The third-order valence-electron chi connectivity index (χ3n) is 3.18. The van der Waals surface area contributed by atoms with Gasteiger partial charge in [-0.25, -0.2) is 8.42 Å². The lowest BCUT2D eigenvalue weighted by Gasteiger charge is -2.10. The van der Waals surface area contributed by atoms with Crippen LogP contribution in [0.25, 0.3) is 0 Å². The average molecular weight is 336 g/mol. The molecule has 1 N–H and O–H groups in total. The van der Waals surface area contributed by atoms with Gasteiger partial charge in [-0.2, -0.15) is 4.72 Å². The Bertz CT molecular complexity index is 816. The predicted molar refractivity (Wildman–Crippen MR) is 84.8 cm³/mol. The SMILES string of the molecule is Cc1ccc(S(=O)(=O)NCOc2ccc([N+](=O)[O-])cc2C)cc1. The van der Waals surface area contributed by atoms with Crippen molar-refractivity contribution < 1.29 is 18.1 Å². The van der Waals surface area contributed by atoms with E-state index in [0.29, 0.717) is 11.3 Å². The van der Waals surface area contributed by atoms with E-state index in [-0.39, 0.29) is 17.3 Å². The van der Waals surface area contributed by atoms with Gasteiger partial charge in [-0.05, 0) is 37.6 Å². The maximum absolute atomic E-state index is 12.1. The number of hydrogen-bond donors (Lipinski definition) is 1. The second-order valence-electron chi connectivity index (χ2n) is 4.96. The molecule has 0 amide bonds. The van der Waals surface area contributed by atoms with Crippen molar-refractivity contribution in [2.75, 3.05) is 6.73 Å². The van der Waals surface area contributed by atoms with Crippen LogP contribution in [0, 0.1) is 24.0 Å². The Morgan fingerprint density at radius 2 is 1.78 bits per heavy atom. The molecule has 0 fully saturated rings. The minimum absolute atomic E-state index is 0.0462. The number of aryl methyl sites for hydroxylation is 2. The summed E-state index contributed by atoms with van der Waals surface area (Å²) in [6.45, 7) is 3.25. The summed E-state index contributed by atoms with van der Waals surface area (Å²) >= 11 is 0. The van der Waals surface area contributed by atoms with E-state index < -0.39 is 14.9 Å². The fourth-order valence-corrected chi connectivity index (χ4v) is 2.77. The Morgan fingerprint density at radius 1 is 1.13 bits per heavy atom. The minimum atomic E-state index is -3.66. The number of non-ortho nitro benzene ring substituents is 1. The molecule has 8 heteroatoms. The van der Waals surface area contributed by atoms with Crippen LogP contribution in [-0.4, -0.2) is 20.1 Å². The average Bonchev–Trinajstić information content (AvgIpc) is 2.49. The molecule has 0 aliphatic rings. The molecule has 0 atom stereocenters. The van der Waals surface area contributed by atoms with Crippen molar-refractivity contribution in [3.8, 4) is 5.75 Å². The fourth-order valence-electron chi connectivity index (χ4n) is 1.89. The number of rotatable bonds is 6. The van der Waals surface area contributed by atoms with E-state index in [1.165, 1.54) is 30.3 Å². The van der Waals surface area contributed by atoms with E-state index in [1.807, 2.05) is 6.92 Å². The molecule has 0 radical (unpaired) electrons. The molecule has 2 rings (SSSR count). The fraction of sp³-hybridized carbons (Fsp3) is 0.200. The summed E-state index contributed by atoms with van der Waals surface area (Å²) in [7, 11) is -3.66. The topological polar surface area (TPSA) is 98.5 Å².